The Hall–Kier alpha value is -0.800. The molecule has 0 saturated heterocycles. The molecule has 2 N–H and O–H groups in total. The third kappa shape index (κ3) is 7.11. The highest BCUT2D eigenvalue weighted by Gasteiger charge is 2.00. The number of halogens is 1. The fourth-order valence-corrected chi connectivity index (χ4v) is 2.35. The molecule has 20 heavy (non-hydrogen) atoms. The maximum atomic E-state index is 6.08. The number of hydrogen-bond acceptors (Lipinski definition) is 1. The number of rotatable bonds is 8. The minimum atomic E-state index is 0.665. The van der Waals surface area contributed by atoms with E-state index in [1.807, 2.05) is 25.1 Å². The van der Waals surface area contributed by atoms with Crippen LogP contribution < -0.4 is 10.6 Å². The largest absolute Gasteiger partial charge is 0.362 e. The van der Waals surface area contributed by atoms with Crippen LogP contribution in [0.25, 0.3) is 0 Å². The molecule has 0 aliphatic carbocycles. The van der Waals surface area contributed by atoms with E-state index in [1.54, 1.807) is 0 Å². The van der Waals surface area contributed by atoms with E-state index in [1.165, 1.54) is 38.5 Å². The van der Waals surface area contributed by atoms with Gasteiger partial charge in [0.2, 0.25) is 0 Å². The first-order chi connectivity index (χ1) is 9.63. The van der Waals surface area contributed by atoms with Gasteiger partial charge >= 0.3 is 0 Å². The highest BCUT2D eigenvalue weighted by Crippen LogP contribution is 2.19. The fourth-order valence-electron chi connectivity index (χ4n) is 1.95. The molecule has 0 aliphatic rings. The van der Waals surface area contributed by atoms with Crippen LogP contribution in [0.1, 0.15) is 51.0 Å². The summed E-state index contributed by atoms with van der Waals surface area (Å²) in [4.78, 5) is 0. The van der Waals surface area contributed by atoms with Crippen molar-refractivity contribution in [1.82, 2.24) is 5.32 Å². The van der Waals surface area contributed by atoms with Crippen LogP contribution in [0, 0.1) is 6.92 Å². The fraction of sp³-hybridized carbons (Fsp3) is 0.562. The van der Waals surface area contributed by atoms with E-state index in [9.17, 15) is 0 Å². The Balaban J connectivity index is 2.15. The molecule has 0 amide bonds. The SMILES string of the molecule is CCCCCCCCNC(=S)Nc1ccc(C)c(Cl)c1. The number of nitrogens with one attached hydrogen (secondary N) is 2. The van der Waals surface area contributed by atoms with E-state index in [0.717, 1.165) is 22.8 Å². The van der Waals surface area contributed by atoms with Gasteiger partial charge in [0.05, 0.1) is 0 Å². The standard InChI is InChI=1S/C16H25ClN2S/c1-3-4-5-6-7-8-11-18-16(20)19-14-10-9-13(2)15(17)12-14/h9-10,12H,3-8,11H2,1-2H3,(H2,18,19,20). The van der Waals surface area contributed by atoms with Gasteiger partial charge < -0.3 is 10.6 Å². The lowest BCUT2D eigenvalue weighted by molar-refractivity contribution is 0.603. The molecule has 0 heterocycles. The first-order valence-electron chi connectivity index (χ1n) is 7.44. The maximum Gasteiger partial charge on any atom is 0.170 e. The first-order valence-corrected chi connectivity index (χ1v) is 8.23. The minimum Gasteiger partial charge on any atom is -0.362 e. The van der Waals surface area contributed by atoms with Gasteiger partial charge in [0, 0.05) is 17.3 Å². The van der Waals surface area contributed by atoms with Gasteiger partial charge in [0.15, 0.2) is 5.11 Å². The molecule has 1 rings (SSSR count). The Morgan fingerprint density at radius 1 is 1.15 bits per heavy atom. The van der Waals surface area contributed by atoms with Crippen LogP contribution >= 0.6 is 23.8 Å². The van der Waals surface area contributed by atoms with Crippen molar-refractivity contribution in [1.29, 1.82) is 0 Å². The minimum absolute atomic E-state index is 0.665. The monoisotopic (exact) mass is 312 g/mol. The van der Waals surface area contributed by atoms with Gasteiger partial charge in [-0.05, 0) is 43.3 Å². The van der Waals surface area contributed by atoms with Crippen LogP contribution in [-0.2, 0) is 0 Å². The van der Waals surface area contributed by atoms with Crippen LogP contribution in [0.5, 0.6) is 0 Å². The van der Waals surface area contributed by atoms with Gasteiger partial charge in [-0.15, -0.1) is 0 Å². The zero-order chi connectivity index (χ0) is 14.8. The van der Waals surface area contributed by atoms with Gasteiger partial charge in [-0.3, -0.25) is 0 Å². The van der Waals surface area contributed by atoms with E-state index in [0.29, 0.717) is 5.11 Å². The summed E-state index contributed by atoms with van der Waals surface area (Å²) in [6, 6.07) is 5.87. The Morgan fingerprint density at radius 3 is 2.55 bits per heavy atom. The molecule has 0 bridgehead atoms. The molecule has 0 radical (unpaired) electrons. The van der Waals surface area contributed by atoms with E-state index < -0.39 is 0 Å². The predicted octanol–water partition coefficient (Wildman–Crippen LogP) is 5.30. The van der Waals surface area contributed by atoms with E-state index in [4.69, 9.17) is 23.8 Å². The summed E-state index contributed by atoms with van der Waals surface area (Å²) in [5, 5.41) is 7.81. The van der Waals surface area contributed by atoms with Gasteiger partial charge in [-0.2, -0.15) is 0 Å². The number of thiocarbonyl (C=S) groups is 1. The van der Waals surface area contributed by atoms with E-state index in [-0.39, 0.29) is 0 Å². The summed E-state index contributed by atoms with van der Waals surface area (Å²) in [5.41, 5.74) is 2.00. The second-order valence-corrected chi connectivity index (χ2v) is 5.93. The predicted molar refractivity (Wildman–Crippen MR) is 93.8 cm³/mol. The highest BCUT2D eigenvalue weighted by molar-refractivity contribution is 7.80. The normalized spacial score (nSPS) is 10.3. The zero-order valence-corrected chi connectivity index (χ0v) is 14.0. The molecular weight excluding hydrogens is 288 g/mol. The Bertz CT molecular complexity index is 421. The average Bonchev–Trinajstić information content (AvgIpc) is 2.42. The lowest BCUT2D eigenvalue weighted by Gasteiger charge is -2.11. The Kier molecular flexibility index (Phi) is 8.63. The summed E-state index contributed by atoms with van der Waals surface area (Å²) < 4.78 is 0. The Labute approximate surface area is 133 Å². The lowest BCUT2D eigenvalue weighted by atomic mass is 10.1. The van der Waals surface area contributed by atoms with Crippen LogP contribution in [0.4, 0.5) is 5.69 Å². The van der Waals surface area contributed by atoms with Gasteiger partial charge in [0.1, 0.15) is 0 Å². The molecule has 0 aliphatic heterocycles. The number of benzene rings is 1. The van der Waals surface area contributed by atoms with Crippen LogP contribution in [0.15, 0.2) is 18.2 Å². The molecule has 0 fully saturated rings. The van der Waals surface area contributed by atoms with Crippen LogP contribution in [0.2, 0.25) is 5.02 Å². The molecule has 112 valence electrons. The average molecular weight is 313 g/mol. The van der Waals surface area contributed by atoms with Crippen LogP contribution in [-0.4, -0.2) is 11.7 Å². The molecule has 0 saturated carbocycles. The molecule has 0 aromatic heterocycles. The van der Waals surface area contributed by atoms with Crippen molar-refractivity contribution in [2.45, 2.75) is 52.4 Å². The molecular formula is C16H25ClN2S. The summed E-state index contributed by atoms with van der Waals surface area (Å²) in [6.45, 7) is 5.15. The molecule has 2 nitrogen and oxygen atoms in total. The zero-order valence-electron chi connectivity index (χ0n) is 12.5. The number of unbranched alkanes of at least 4 members (excludes halogenated alkanes) is 5. The van der Waals surface area contributed by atoms with Crippen molar-refractivity contribution < 1.29 is 0 Å². The topological polar surface area (TPSA) is 24.1 Å². The highest BCUT2D eigenvalue weighted by atomic mass is 35.5. The molecule has 1 aromatic rings. The maximum absolute atomic E-state index is 6.08. The summed E-state index contributed by atoms with van der Waals surface area (Å²) in [7, 11) is 0. The van der Waals surface area contributed by atoms with Gasteiger partial charge in [0.25, 0.3) is 0 Å². The number of aryl methyl sites for hydroxylation is 1. The van der Waals surface area contributed by atoms with Crippen molar-refractivity contribution in [3.05, 3.63) is 28.8 Å². The second kappa shape index (κ2) is 10.0. The quantitative estimate of drug-likeness (QED) is 0.503. The third-order valence-electron chi connectivity index (χ3n) is 3.25. The van der Waals surface area contributed by atoms with Crippen molar-refractivity contribution in [3.63, 3.8) is 0 Å². The lowest BCUT2D eigenvalue weighted by Crippen LogP contribution is -2.29. The van der Waals surface area contributed by atoms with Crippen molar-refractivity contribution in [2.24, 2.45) is 0 Å². The van der Waals surface area contributed by atoms with Gasteiger partial charge in [-0.1, -0.05) is 56.7 Å². The van der Waals surface area contributed by atoms with Crippen LogP contribution in [0.3, 0.4) is 0 Å². The van der Waals surface area contributed by atoms with Crippen molar-refractivity contribution in [3.8, 4) is 0 Å². The number of hydrogen-bond donors (Lipinski definition) is 2. The Morgan fingerprint density at radius 2 is 1.85 bits per heavy atom. The molecule has 0 atom stereocenters. The van der Waals surface area contributed by atoms with E-state index in [2.05, 4.69) is 17.6 Å². The molecule has 0 unspecified atom stereocenters. The second-order valence-electron chi connectivity index (χ2n) is 5.11. The van der Waals surface area contributed by atoms with E-state index >= 15 is 0 Å². The third-order valence-corrected chi connectivity index (χ3v) is 3.90. The van der Waals surface area contributed by atoms with Crippen molar-refractivity contribution >= 4 is 34.6 Å². The van der Waals surface area contributed by atoms with Gasteiger partial charge in [-0.25, -0.2) is 0 Å². The van der Waals surface area contributed by atoms with Crippen molar-refractivity contribution in [2.75, 3.05) is 11.9 Å². The first kappa shape index (κ1) is 17.3. The summed E-state index contributed by atoms with van der Waals surface area (Å²) in [6.07, 6.45) is 7.75. The molecule has 1 aromatic carbocycles. The molecule has 0 spiro atoms. The summed E-state index contributed by atoms with van der Waals surface area (Å²) in [5.74, 6) is 0. The number of anilines is 1. The smallest absolute Gasteiger partial charge is 0.170 e. The molecule has 4 heteroatoms. The summed E-state index contributed by atoms with van der Waals surface area (Å²) >= 11 is 11.3.